The van der Waals surface area contributed by atoms with Crippen LogP contribution in [-0.4, -0.2) is 60.0 Å². The van der Waals surface area contributed by atoms with Gasteiger partial charge in [-0.1, -0.05) is 32.6 Å². The molecular weight excluding hydrogens is 328 g/mol. The van der Waals surface area contributed by atoms with Gasteiger partial charge in [0.15, 0.2) is 0 Å². The van der Waals surface area contributed by atoms with E-state index in [1.165, 1.54) is 7.05 Å². The lowest BCUT2D eigenvalue weighted by Crippen LogP contribution is -2.49. The zero-order valence-corrected chi connectivity index (χ0v) is 15.0. The lowest BCUT2D eigenvalue weighted by atomic mass is 10.1. The molecule has 0 saturated carbocycles. The lowest BCUT2D eigenvalue weighted by Gasteiger charge is -2.18. The number of hydrogen-bond acceptors (Lipinski definition) is 4. The molecule has 0 aromatic heterocycles. The second-order valence-corrected chi connectivity index (χ2v) is 5.95. The molecule has 0 saturated heterocycles. The number of carboxylic acid groups (broad SMARTS) is 1. The minimum Gasteiger partial charge on any atom is -0.465 e. The van der Waals surface area contributed by atoms with Crippen LogP contribution < -0.4 is 16.4 Å². The molecular formula is C16H30N4O5. The van der Waals surface area contributed by atoms with Gasteiger partial charge >= 0.3 is 6.09 Å². The average molecular weight is 358 g/mol. The molecule has 25 heavy (non-hydrogen) atoms. The van der Waals surface area contributed by atoms with E-state index in [4.69, 9.17) is 10.8 Å². The van der Waals surface area contributed by atoms with Crippen molar-refractivity contribution in [3.8, 4) is 0 Å². The fourth-order valence-corrected chi connectivity index (χ4v) is 2.13. The molecule has 0 fully saturated rings. The van der Waals surface area contributed by atoms with Crippen molar-refractivity contribution in [1.29, 1.82) is 0 Å². The molecule has 1 unspecified atom stereocenters. The number of hydrogen-bond donors (Lipinski definition) is 4. The van der Waals surface area contributed by atoms with Crippen molar-refractivity contribution in [3.05, 3.63) is 0 Å². The normalized spacial score (nSPS) is 11.4. The molecule has 0 aromatic rings. The zero-order valence-electron chi connectivity index (χ0n) is 15.0. The molecule has 0 heterocycles. The monoisotopic (exact) mass is 358 g/mol. The van der Waals surface area contributed by atoms with Crippen LogP contribution in [0.4, 0.5) is 4.79 Å². The van der Waals surface area contributed by atoms with Gasteiger partial charge in [-0.2, -0.15) is 0 Å². The highest BCUT2D eigenvalue weighted by Crippen LogP contribution is 2.05. The Morgan fingerprint density at radius 2 is 1.76 bits per heavy atom. The number of nitrogens with one attached hydrogen (secondary N) is 2. The molecule has 4 amide bonds. The van der Waals surface area contributed by atoms with Gasteiger partial charge in [-0.05, 0) is 6.42 Å². The lowest BCUT2D eigenvalue weighted by molar-refractivity contribution is -0.131. The first-order valence-electron chi connectivity index (χ1n) is 8.57. The van der Waals surface area contributed by atoms with E-state index in [0.717, 1.165) is 37.0 Å². The van der Waals surface area contributed by atoms with Gasteiger partial charge in [0, 0.05) is 26.6 Å². The number of carbonyl (C=O) groups is 4. The van der Waals surface area contributed by atoms with Crippen LogP contribution in [-0.2, 0) is 14.4 Å². The van der Waals surface area contributed by atoms with E-state index in [0.29, 0.717) is 0 Å². The number of unbranched alkanes of at least 4 members (excludes halogenated alkanes) is 4. The topological polar surface area (TPSA) is 142 Å². The molecule has 0 radical (unpaired) electrons. The van der Waals surface area contributed by atoms with Crippen LogP contribution in [0.1, 0.15) is 51.9 Å². The van der Waals surface area contributed by atoms with Gasteiger partial charge in [0.1, 0.15) is 6.04 Å². The molecule has 144 valence electrons. The molecule has 0 aromatic carbocycles. The zero-order chi connectivity index (χ0) is 19.2. The molecule has 0 aliphatic rings. The summed E-state index contributed by atoms with van der Waals surface area (Å²) in [4.78, 5) is 46.8. The van der Waals surface area contributed by atoms with Gasteiger partial charge in [-0.25, -0.2) is 4.79 Å². The summed E-state index contributed by atoms with van der Waals surface area (Å²) in [5, 5.41) is 13.7. The summed E-state index contributed by atoms with van der Waals surface area (Å²) >= 11 is 0. The first kappa shape index (κ1) is 22.7. The van der Waals surface area contributed by atoms with Crippen LogP contribution in [0.3, 0.4) is 0 Å². The third-order valence-electron chi connectivity index (χ3n) is 3.64. The summed E-state index contributed by atoms with van der Waals surface area (Å²) in [6, 6.07) is -1.05. The Labute approximate surface area is 148 Å². The number of nitrogens with two attached hydrogens (primary N) is 1. The van der Waals surface area contributed by atoms with Gasteiger partial charge in [-0.15, -0.1) is 0 Å². The summed E-state index contributed by atoms with van der Waals surface area (Å²) in [6.45, 7) is 2.27. The van der Waals surface area contributed by atoms with E-state index >= 15 is 0 Å². The van der Waals surface area contributed by atoms with Crippen LogP contribution in [0.2, 0.25) is 0 Å². The summed E-state index contributed by atoms with van der Waals surface area (Å²) in [5.41, 5.74) is 5.12. The van der Waals surface area contributed by atoms with E-state index in [9.17, 15) is 19.2 Å². The van der Waals surface area contributed by atoms with Crippen molar-refractivity contribution < 1.29 is 24.3 Å². The fraction of sp³-hybridized carbons (Fsp3) is 0.750. The predicted octanol–water partition coefficient (Wildman–Crippen LogP) is 0.433. The number of likely N-dealkylation sites (N-methyl/N-ethyl adjacent to an activating group) is 1. The summed E-state index contributed by atoms with van der Waals surface area (Å²) in [7, 11) is 1.37. The van der Waals surface area contributed by atoms with Crippen LogP contribution in [0.5, 0.6) is 0 Å². The van der Waals surface area contributed by atoms with E-state index in [2.05, 4.69) is 17.6 Å². The maximum Gasteiger partial charge on any atom is 0.407 e. The van der Waals surface area contributed by atoms with Gasteiger partial charge in [0.05, 0.1) is 6.42 Å². The Morgan fingerprint density at radius 1 is 1.12 bits per heavy atom. The van der Waals surface area contributed by atoms with Crippen molar-refractivity contribution in [2.75, 3.05) is 20.1 Å². The number of primary amides is 1. The quantitative estimate of drug-likeness (QED) is 0.353. The van der Waals surface area contributed by atoms with Crippen molar-refractivity contribution in [1.82, 2.24) is 15.5 Å². The Morgan fingerprint density at radius 3 is 2.32 bits per heavy atom. The van der Waals surface area contributed by atoms with Crippen molar-refractivity contribution in [3.63, 3.8) is 0 Å². The van der Waals surface area contributed by atoms with Crippen molar-refractivity contribution >= 4 is 23.8 Å². The highest BCUT2D eigenvalue weighted by molar-refractivity contribution is 5.91. The Hall–Kier alpha value is -2.32. The third-order valence-corrected chi connectivity index (χ3v) is 3.64. The molecule has 9 heteroatoms. The second kappa shape index (κ2) is 13.0. The van der Waals surface area contributed by atoms with Crippen LogP contribution in [0, 0.1) is 0 Å². The number of carbonyl (C=O) groups excluding carboxylic acids is 3. The van der Waals surface area contributed by atoms with Gasteiger partial charge < -0.3 is 26.4 Å². The summed E-state index contributed by atoms with van der Waals surface area (Å²) < 4.78 is 0. The third kappa shape index (κ3) is 11.8. The molecule has 0 rings (SSSR count). The number of amides is 4. The minimum atomic E-state index is -1.11. The maximum absolute atomic E-state index is 12.1. The Kier molecular flexibility index (Phi) is 11.8. The fourth-order valence-electron chi connectivity index (χ4n) is 2.13. The maximum atomic E-state index is 12.1. The first-order valence-corrected chi connectivity index (χ1v) is 8.57. The van der Waals surface area contributed by atoms with Gasteiger partial charge in [0.25, 0.3) is 0 Å². The van der Waals surface area contributed by atoms with E-state index in [1.807, 2.05) is 0 Å². The van der Waals surface area contributed by atoms with Gasteiger partial charge in [0.2, 0.25) is 17.7 Å². The highest BCUT2D eigenvalue weighted by Gasteiger charge is 2.22. The predicted molar refractivity (Wildman–Crippen MR) is 92.8 cm³/mol. The minimum absolute atomic E-state index is 0.0732. The van der Waals surface area contributed by atoms with E-state index < -0.39 is 23.9 Å². The van der Waals surface area contributed by atoms with Crippen molar-refractivity contribution in [2.24, 2.45) is 5.73 Å². The van der Waals surface area contributed by atoms with Crippen LogP contribution in [0.15, 0.2) is 0 Å². The van der Waals surface area contributed by atoms with Crippen LogP contribution in [0.25, 0.3) is 0 Å². The SMILES string of the molecule is CCCCCCCC(=O)NC(CC(N)=O)C(=O)NCCN(C)C(=O)O. The van der Waals surface area contributed by atoms with E-state index in [1.54, 1.807) is 0 Å². The van der Waals surface area contributed by atoms with Crippen LogP contribution >= 0.6 is 0 Å². The number of nitrogens with zero attached hydrogens (tertiary/aromatic N) is 1. The summed E-state index contributed by atoms with van der Waals surface area (Å²) in [6.07, 6.45) is 3.83. The molecule has 0 bridgehead atoms. The molecule has 1 atom stereocenters. The molecule has 0 aliphatic carbocycles. The molecule has 5 N–H and O–H groups in total. The molecule has 0 spiro atoms. The smallest absolute Gasteiger partial charge is 0.407 e. The van der Waals surface area contributed by atoms with Gasteiger partial charge in [-0.3, -0.25) is 14.4 Å². The Bertz CT molecular complexity index is 456. The molecule has 0 aliphatic heterocycles. The first-order chi connectivity index (χ1) is 11.8. The second-order valence-electron chi connectivity index (χ2n) is 5.95. The largest absolute Gasteiger partial charge is 0.465 e. The average Bonchev–Trinajstić information content (AvgIpc) is 2.53. The standard InChI is InChI=1S/C16H30N4O5/c1-3-4-5-6-7-8-14(22)19-12(11-13(17)21)15(23)18-9-10-20(2)16(24)25/h12H,3-11H2,1-2H3,(H2,17,21)(H,18,23)(H,19,22)(H,24,25). The summed E-state index contributed by atoms with van der Waals surface area (Å²) in [5.74, 6) is -1.57. The highest BCUT2D eigenvalue weighted by atomic mass is 16.4. The number of rotatable bonds is 13. The van der Waals surface area contributed by atoms with E-state index in [-0.39, 0.29) is 31.8 Å². The Balaban J connectivity index is 4.33. The molecule has 9 nitrogen and oxygen atoms in total. The van der Waals surface area contributed by atoms with Crippen molar-refractivity contribution in [2.45, 2.75) is 57.9 Å².